The van der Waals surface area contributed by atoms with Crippen molar-refractivity contribution in [1.29, 1.82) is 0 Å². The highest BCUT2D eigenvalue weighted by Gasteiger charge is 2.29. The number of thiophene rings is 1. The summed E-state index contributed by atoms with van der Waals surface area (Å²) in [6, 6.07) is 2.23. The van der Waals surface area contributed by atoms with Crippen LogP contribution < -0.4 is 5.73 Å². The van der Waals surface area contributed by atoms with E-state index in [0.29, 0.717) is 5.92 Å². The maximum Gasteiger partial charge on any atom is 0.0774 e. The molecule has 0 bridgehead atoms. The van der Waals surface area contributed by atoms with Gasteiger partial charge in [0.1, 0.15) is 0 Å². The van der Waals surface area contributed by atoms with Crippen LogP contribution >= 0.6 is 11.3 Å². The SMILES string of the molecule is NC(c1csc(CO)c1)C1CC1. The first-order valence-electron chi connectivity index (χ1n) is 4.25. The van der Waals surface area contributed by atoms with Gasteiger partial charge in [0.2, 0.25) is 0 Å². The monoisotopic (exact) mass is 183 g/mol. The summed E-state index contributed by atoms with van der Waals surface area (Å²) in [7, 11) is 0. The van der Waals surface area contributed by atoms with Crippen molar-refractivity contribution in [1.82, 2.24) is 0 Å². The summed E-state index contributed by atoms with van der Waals surface area (Å²) in [5, 5.41) is 10.9. The minimum absolute atomic E-state index is 0.141. The summed E-state index contributed by atoms with van der Waals surface area (Å²) < 4.78 is 0. The lowest BCUT2D eigenvalue weighted by Gasteiger charge is -2.06. The summed E-state index contributed by atoms with van der Waals surface area (Å²) in [6.07, 6.45) is 2.54. The highest BCUT2D eigenvalue weighted by atomic mass is 32.1. The number of rotatable bonds is 3. The lowest BCUT2D eigenvalue weighted by Crippen LogP contribution is -2.10. The van der Waals surface area contributed by atoms with E-state index < -0.39 is 0 Å². The molecule has 2 rings (SSSR count). The van der Waals surface area contributed by atoms with Gasteiger partial charge in [-0.15, -0.1) is 11.3 Å². The standard InChI is InChI=1S/C9H13NOS/c10-9(6-1-2-6)7-3-8(4-11)12-5-7/h3,5-6,9,11H,1-2,4,10H2. The molecule has 0 radical (unpaired) electrons. The third kappa shape index (κ3) is 1.53. The predicted molar refractivity (Wildman–Crippen MR) is 49.9 cm³/mol. The zero-order chi connectivity index (χ0) is 8.55. The van der Waals surface area contributed by atoms with Crippen LogP contribution in [0.4, 0.5) is 0 Å². The first-order valence-corrected chi connectivity index (χ1v) is 5.13. The fraction of sp³-hybridized carbons (Fsp3) is 0.556. The highest BCUT2D eigenvalue weighted by Crippen LogP contribution is 2.40. The fourth-order valence-corrected chi connectivity index (χ4v) is 2.17. The van der Waals surface area contributed by atoms with E-state index in [2.05, 4.69) is 5.38 Å². The van der Waals surface area contributed by atoms with Crippen LogP contribution in [-0.4, -0.2) is 5.11 Å². The summed E-state index contributed by atoms with van der Waals surface area (Å²) >= 11 is 1.59. The first kappa shape index (κ1) is 8.23. The maximum absolute atomic E-state index is 8.86. The molecule has 1 fully saturated rings. The van der Waals surface area contributed by atoms with Crippen LogP contribution in [0.5, 0.6) is 0 Å². The Bertz CT molecular complexity index is 267. The highest BCUT2D eigenvalue weighted by molar-refractivity contribution is 7.10. The molecular weight excluding hydrogens is 170 g/mol. The van der Waals surface area contributed by atoms with E-state index in [1.807, 2.05) is 6.07 Å². The molecule has 1 aromatic heterocycles. The lowest BCUT2D eigenvalue weighted by atomic mass is 10.1. The van der Waals surface area contributed by atoms with Crippen molar-refractivity contribution < 1.29 is 5.11 Å². The number of aliphatic hydroxyl groups excluding tert-OH is 1. The molecular formula is C9H13NOS. The molecule has 1 atom stereocenters. The van der Waals surface area contributed by atoms with Crippen molar-refractivity contribution in [3.63, 3.8) is 0 Å². The van der Waals surface area contributed by atoms with Gasteiger partial charge in [0, 0.05) is 10.9 Å². The number of hydrogen-bond donors (Lipinski definition) is 2. The van der Waals surface area contributed by atoms with E-state index >= 15 is 0 Å². The second-order valence-corrected chi connectivity index (χ2v) is 4.36. The molecule has 1 aliphatic carbocycles. The Morgan fingerprint density at radius 2 is 2.42 bits per heavy atom. The van der Waals surface area contributed by atoms with Crippen LogP contribution in [0.3, 0.4) is 0 Å². The Hall–Kier alpha value is -0.380. The average molecular weight is 183 g/mol. The van der Waals surface area contributed by atoms with Crippen molar-refractivity contribution in [3.8, 4) is 0 Å². The minimum atomic E-state index is 0.141. The maximum atomic E-state index is 8.86. The summed E-state index contributed by atoms with van der Waals surface area (Å²) in [5.41, 5.74) is 7.19. The molecule has 1 aliphatic rings. The quantitative estimate of drug-likeness (QED) is 0.748. The Kier molecular flexibility index (Phi) is 2.17. The molecule has 12 heavy (non-hydrogen) atoms. The predicted octanol–water partition coefficient (Wildman–Crippen LogP) is 1.65. The van der Waals surface area contributed by atoms with Crippen LogP contribution in [0.25, 0.3) is 0 Å². The largest absolute Gasteiger partial charge is 0.391 e. The Morgan fingerprint density at radius 1 is 1.67 bits per heavy atom. The van der Waals surface area contributed by atoms with Gasteiger partial charge in [-0.25, -0.2) is 0 Å². The van der Waals surface area contributed by atoms with Crippen LogP contribution in [-0.2, 0) is 6.61 Å². The van der Waals surface area contributed by atoms with E-state index in [1.165, 1.54) is 18.4 Å². The molecule has 0 spiro atoms. The average Bonchev–Trinajstić information content (AvgIpc) is 2.82. The lowest BCUT2D eigenvalue weighted by molar-refractivity contribution is 0.285. The molecule has 1 unspecified atom stereocenters. The first-order chi connectivity index (χ1) is 5.81. The second-order valence-electron chi connectivity index (χ2n) is 3.37. The molecule has 1 saturated carbocycles. The number of aliphatic hydroxyl groups is 1. The van der Waals surface area contributed by atoms with Gasteiger partial charge >= 0.3 is 0 Å². The topological polar surface area (TPSA) is 46.2 Å². The van der Waals surface area contributed by atoms with Crippen molar-refractivity contribution >= 4 is 11.3 Å². The van der Waals surface area contributed by atoms with Gasteiger partial charge in [0.15, 0.2) is 0 Å². The zero-order valence-corrected chi connectivity index (χ0v) is 7.68. The van der Waals surface area contributed by atoms with Gasteiger partial charge in [-0.3, -0.25) is 0 Å². The van der Waals surface area contributed by atoms with E-state index in [0.717, 1.165) is 4.88 Å². The molecule has 3 heteroatoms. The molecule has 2 nitrogen and oxygen atoms in total. The Morgan fingerprint density at radius 3 is 2.92 bits per heavy atom. The summed E-state index contributed by atoms with van der Waals surface area (Å²) in [4.78, 5) is 1.01. The van der Waals surface area contributed by atoms with Gasteiger partial charge in [0.25, 0.3) is 0 Å². The molecule has 3 N–H and O–H groups in total. The Labute approximate surface area is 76.0 Å². The molecule has 1 heterocycles. The van der Waals surface area contributed by atoms with E-state index in [4.69, 9.17) is 10.8 Å². The van der Waals surface area contributed by atoms with Crippen LogP contribution in [0, 0.1) is 5.92 Å². The fourth-order valence-electron chi connectivity index (χ4n) is 1.38. The van der Waals surface area contributed by atoms with Crippen molar-refractivity contribution in [3.05, 3.63) is 21.9 Å². The van der Waals surface area contributed by atoms with Gasteiger partial charge in [-0.05, 0) is 35.8 Å². The van der Waals surface area contributed by atoms with Crippen molar-refractivity contribution in [2.75, 3.05) is 0 Å². The van der Waals surface area contributed by atoms with Gasteiger partial charge < -0.3 is 10.8 Å². The van der Waals surface area contributed by atoms with E-state index in [9.17, 15) is 0 Å². The van der Waals surface area contributed by atoms with Crippen LogP contribution in [0.1, 0.15) is 29.3 Å². The third-order valence-electron chi connectivity index (χ3n) is 2.34. The zero-order valence-electron chi connectivity index (χ0n) is 6.86. The van der Waals surface area contributed by atoms with E-state index in [1.54, 1.807) is 11.3 Å². The Balaban J connectivity index is 2.10. The molecule has 0 aromatic carbocycles. The molecule has 0 amide bonds. The number of nitrogens with two attached hydrogens (primary N) is 1. The normalized spacial score (nSPS) is 19.5. The van der Waals surface area contributed by atoms with Gasteiger partial charge in [-0.2, -0.15) is 0 Å². The smallest absolute Gasteiger partial charge is 0.0774 e. The van der Waals surface area contributed by atoms with Crippen molar-refractivity contribution in [2.24, 2.45) is 11.7 Å². The minimum Gasteiger partial charge on any atom is -0.391 e. The van der Waals surface area contributed by atoms with Crippen molar-refractivity contribution in [2.45, 2.75) is 25.5 Å². The molecule has 0 aliphatic heterocycles. The van der Waals surface area contributed by atoms with Gasteiger partial charge in [0.05, 0.1) is 6.61 Å². The van der Waals surface area contributed by atoms with Crippen LogP contribution in [0.15, 0.2) is 11.4 Å². The second kappa shape index (κ2) is 3.17. The van der Waals surface area contributed by atoms with Gasteiger partial charge in [-0.1, -0.05) is 0 Å². The van der Waals surface area contributed by atoms with E-state index in [-0.39, 0.29) is 12.6 Å². The summed E-state index contributed by atoms with van der Waals surface area (Å²) in [6.45, 7) is 0.141. The summed E-state index contributed by atoms with van der Waals surface area (Å²) in [5.74, 6) is 0.700. The molecule has 0 saturated heterocycles. The third-order valence-corrected chi connectivity index (χ3v) is 3.28. The molecule has 1 aromatic rings. The van der Waals surface area contributed by atoms with Crippen LogP contribution in [0.2, 0.25) is 0 Å². The molecule has 66 valence electrons. The number of hydrogen-bond acceptors (Lipinski definition) is 3.